The molecule has 2 heterocycles. The number of likely N-dealkylation sites (tertiary alicyclic amines) is 1. The van der Waals surface area contributed by atoms with E-state index in [-0.39, 0.29) is 11.6 Å². The van der Waals surface area contributed by atoms with Gasteiger partial charge >= 0.3 is 6.18 Å². The van der Waals surface area contributed by atoms with E-state index < -0.39 is 12.7 Å². The summed E-state index contributed by atoms with van der Waals surface area (Å²) in [7, 11) is 0. The van der Waals surface area contributed by atoms with Gasteiger partial charge in [0.1, 0.15) is 11.9 Å². The standard InChI is InChI=1S/C12H14F3N5/c13-12(14,15)8-20-2-1-9(7-20)4-18-11-6-17-10(3-16)5-19-11/h5-6,9H,1-2,4,7-8H2,(H,18,19). The highest BCUT2D eigenvalue weighted by Crippen LogP contribution is 2.22. The summed E-state index contributed by atoms with van der Waals surface area (Å²) < 4.78 is 36.8. The number of nitriles is 1. The van der Waals surface area contributed by atoms with Gasteiger partial charge < -0.3 is 5.32 Å². The van der Waals surface area contributed by atoms with Gasteiger partial charge in [0.25, 0.3) is 0 Å². The second kappa shape index (κ2) is 6.05. The van der Waals surface area contributed by atoms with Crippen molar-refractivity contribution in [2.24, 2.45) is 5.92 Å². The summed E-state index contributed by atoms with van der Waals surface area (Å²) >= 11 is 0. The van der Waals surface area contributed by atoms with E-state index in [9.17, 15) is 13.2 Å². The van der Waals surface area contributed by atoms with Gasteiger partial charge in [0.2, 0.25) is 0 Å². The minimum Gasteiger partial charge on any atom is -0.368 e. The SMILES string of the molecule is N#Cc1cnc(NCC2CCN(CC(F)(F)F)C2)cn1. The Hall–Kier alpha value is -1.88. The minimum atomic E-state index is -4.14. The number of rotatable bonds is 4. The molecule has 20 heavy (non-hydrogen) atoms. The first-order valence-corrected chi connectivity index (χ1v) is 6.21. The lowest BCUT2D eigenvalue weighted by Gasteiger charge is -2.18. The largest absolute Gasteiger partial charge is 0.401 e. The number of halogens is 3. The van der Waals surface area contributed by atoms with Crippen LogP contribution in [0.25, 0.3) is 0 Å². The van der Waals surface area contributed by atoms with Crippen LogP contribution in [-0.2, 0) is 0 Å². The molecular weight excluding hydrogens is 271 g/mol. The molecule has 1 unspecified atom stereocenters. The Balaban J connectivity index is 1.76. The third kappa shape index (κ3) is 4.35. The van der Waals surface area contributed by atoms with Gasteiger partial charge in [0, 0.05) is 13.1 Å². The van der Waals surface area contributed by atoms with Crippen molar-refractivity contribution in [1.82, 2.24) is 14.9 Å². The van der Waals surface area contributed by atoms with Gasteiger partial charge in [0.15, 0.2) is 5.69 Å². The number of aromatic nitrogens is 2. The van der Waals surface area contributed by atoms with Crippen LogP contribution >= 0.6 is 0 Å². The monoisotopic (exact) mass is 285 g/mol. The van der Waals surface area contributed by atoms with Crippen molar-refractivity contribution in [2.45, 2.75) is 12.6 Å². The molecule has 0 spiro atoms. The molecule has 5 nitrogen and oxygen atoms in total. The Morgan fingerprint density at radius 3 is 2.80 bits per heavy atom. The topological polar surface area (TPSA) is 64.8 Å². The molecule has 1 aromatic rings. The highest BCUT2D eigenvalue weighted by Gasteiger charge is 2.34. The molecule has 1 fully saturated rings. The molecular formula is C12H14F3N5. The molecule has 0 bridgehead atoms. The molecule has 0 saturated carbocycles. The molecule has 2 rings (SSSR count). The molecule has 0 amide bonds. The van der Waals surface area contributed by atoms with E-state index in [1.165, 1.54) is 17.3 Å². The summed E-state index contributed by atoms with van der Waals surface area (Å²) in [5, 5.41) is 11.6. The van der Waals surface area contributed by atoms with Crippen LogP contribution in [0.4, 0.5) is 19.0 Å². The fourth-order valence-corrected chi connectivity index (χ4v) is 2.20. The number of nitrogens with one attached hydrogen (secondary N) is 1. The zero-order valence-corrected chi connectivity index (χ0v) is 10.7. The van der Waals surface area contributed by atoms with E-state index in [0.29, 0.717) is 25.5 Å². The maximum atomic E-state index is 12.3. The van der Waals surface area contributed by atoms with Crippen LogP contribution in [0.3, 0.4) is 0 Å². The molecule has 1 atom stereocenters. The second-order valence-corrected chi connectivity index (χ2v) is 4.78. The van der Waals surface area contributed by atoms with E-state index in [4.69, 9.17) is 5.26 Å². The first-order chi connectivity index (χ1) is 9.46. The average molecular weight is 285 g/mol. The number of hydrogen-bond donors (Lipinski definition) is 1. The van der Waals surface area contributed by atoms with Crippen LogP contribution in [0.1, 0.15) is 12.1 Å². The molecule has 1 N–H and O–H groups in total. The molecule has 1 saturated heterocycles. The molecule has 1 aliphatic heterocycles. The quantitative estimate of drug-likeness (QED) is 0.911. The predicted octanol–water partition coefficient (Wildman–Crippen LogP) is 1.64. The van der Waals surface area contributed by atoms with Gasteiger partial charge in [-0.15, -0.1) is 0 Å². The molecule has 0 radical (unpaired) electrons. The van der Waals surface area contributed by atoms with Crippen molar-refractivity contribution in [3.8, 4) is 6.07 Å². The van der Waals surface area contributed by atoms with Gasteiger partial charge in [0.05, 0.1) is 18.9 Å². The first kappa shape index (κ1) is 14.5. The molecule has 0 aromatic carbocycles. The van der Waals surface area contributed by atoms with Crippen molar-refractivity contribution >= 4 is 5.82 Å². The Morgan fingerprint density at radius 2 is 2.20 bits per heavy atom. The Bertz CT molecular complexity index is 479. The summed E-state index contributed by atoms with van der Waals surface area (Å²) in [5.74, 6) is 0.688. The van der Waals surface area contributed by atoms with Crippen LogP contribution < -0.4 is 5.32 Å². The molecule has 1 aliphatic rings. The van der Waals surface area contributed by atoms with Crippen molar-refractivity contribution < 1.29 is 13.2 Å². The van der Waals surface area contributed by atoms with Gasteiger partial charge in [-0.1, -0.05) is 0 Å². The van der Waals surface area contributed by atoms with E-state index in [1.807, 2.05) is 6.07 Å². The van der Waals surface area contributed by atoms with E-state index in [2.05, 4.69) is 15.3 Å². The van der Waals surface area contributed by atoms with Crippen molar-refractivity contribution in [2.75, 3.05) is 31.5 Å². The Kier molecular flexibility index (Phi) is 4.39. The maximum Gasteiger partial charge on any atom is 0.401 e. The summed E-state index contributed by atoms with van der Waals surface area (Å²) in [5.41, 5.74) is 0.229. The average Bonchev–Trinajstić information content (AvgIpc) is 2.82. The fraction of sp³-hybridized carbons (Fsp3) is 0.583. The molecule has 1 aromatic heterocycles. The lowest BCUT2D eigenvalue weighted by atomic mass is 10.1. The summed E-state index contributed by atoms with van der Waals surface area (Å²) in [4.78, 5) is 9.27. The maximum absolute atomic E-state index is 12.3. The summed E-state index contributed by atoms with van der Waals surface area (Å²) in [6.07, 6.45) is -0.609. The van der Waals surface area contributed by atoms with Crippen molar-refractivity contribution in [3.63, 3.8) is 0 Å². The normalized spacial score (nSPS) is 19.8. The summed E-state index contributed by atoms with van der Waals surface area (Å²) in [6, 6.07) is 1.86. The van der Waals surface area contributed by atoms with E-state index in [0.717, 1.165) is 6.42 Å². The van der Waals surface area contributed by atoms with Crippen LogP contribution in [0.5, 0.6) is 0 Å². The number of alkyl halides is 3. The zero-order valence-electron chi connectivity index (χ0n) is 10.7. The lowest BCUT2D eigenvalue weighted by Crippen LogP contribution is -2.33. The van der Waals surface area contributed by atoms with Crippen molar-refractivity contribution in [1.29, 1.82) is 5.26 Å². The lowest BCUT2D eigenvalue weighted by molar-refractivity contribution is -0.143. The second-order valence-electron chi connectivity index (χ2n) is 4.78. The fourth-order valence-electron chi connectivity index (χ4n) is 2.20. The number of anilines is 1. The van der Waals surface area contributed by atoms with Crippen molar-refractivity contribution in [3.05, 3.63) is 18.1 Å². The minimum absolute atomic E-state index is 0.162. The smallest absolute Gasteiger partial charge is 0.368 e. The number of hydrogen-bond acceptors (Lipinski definition) is 5. The third-order valence-corrected chi connectivity index (χ3v) is 3.11. The van der Waals surface area contributed by atoms with Crippen LogP contribution in [0.15, 0.2) is 12.4 Å². The molecule has 0 aliphatic carbocycles. The summed E-state index contributed by atoms with van der Waals surface area (Å²) in [6.45, 7) is 0.593. The van der Waals surface area contributed by atoms with Crippen LogP contribution in [0.2, 0.25) is 0 Å². The van der Waals surface area contributed by atoms with Gasteiger partial charge in [-0.2, -0.15) is 18.4 Å². The molecule has 108 valence electrons. The first-order valence-electron chi connectivity index (χ1n) is 6.21. The van der Waals surface area contributed by atoms with Gasteiger partial charge in [-0.3, -0.25) is 4.90 Å². The highest BCUT2D eigenvalue weighted by molar-refractivity contribution is 5.33. The zero-order chi connectivity index (χ0) is 14.6. The Labute approximate surface area is 114 Å². The predicted molar refractivity (Wildman–Crippen MR) is 65.8 cm³/mol. The van der Waals surface area contributed by atoms with Gasteiger partial charge in [-0.25, -0.2) is 9.97 Å². The number of nitrogens with zero attached hydrogens (tertiary/aromatic N) is 4. The third-order valence-electron chi connectivity index (χ3n) is 3.11. The Morgan fingerprint density at radius 1 is 1.40 bits per heavy atom. The van der Waals surface area contributed by atoms with Crippen LogP contribution in [-0.4, -0.2) is 47.2 Å². The van der Waals surface area contributed by atoms with Crippen LogP contribution in [0, 0.1) is 17.2 Å². The molecule has 8 heteroatoms. The van der Waals surface area contributed by atoms with Gasteiger partial charge in [-0.05, 0) is 18.9 Å². The van der Waals surface area contributed by atoms with E-state index in [1.54, 1.807) is 0 Å². The van der Waals surface area contributed by atoms with E-state index >= 15 is 0 Å². The highest BCUT2D eigenvalue weighted by atomic mass is 19.4.